The van der Waals surface area contributed by atoms with Crippen LogP contribution >= 0.6 is 0 Å². The van der Waals surface area contributed by atoms with Gasteiger partial charge in [0.15, 0.2) is 0 Å². The Bertz CT molecular complexity index is 291. The summed E-state index contributed by atoms with van der Waals surface area (Å²) in [7, 11) is 0. The van der Waals surface area contributed by atoms with Crippen molar-refractivity contribution >= 4 is 5.97 Å². The number of hydrogen-bond acceptors (Lipinski definition) is 3. The van der Waals surface area contributed by atoms with E-state index in [-0.39, 0.29) is 0 Å². The second kappa shape index (κ2) is 4.97. The van der Waals surface area contributed by atoms with Crippen LogP contribution in [-0.4, -0.2) is 59.1 Å². The summed E-state index contributed by atoms with van der Waals surface area (Å²) in [6.45, 7) is 6.45. The number of piperazine rings is 1. The Balaban J connectivity index is 1.87. The van der Waals surface area contributed by atoms with Crippen molar-refractivity contribution in [2.75, 3.05) is 26.2 Å². The van der Waals surface area contributed by atoms with Crippen LogP contribution in [0.25, 0.3) is 0 Å². The highest BCUT2D eigenvalue weighted by atomic mass is 16.4. The lowest BCUT2D eigenvalue weighted by molar-refractivity contribution is -0.131. The molecular formula is C12H20N2O2. The quantitative estimate of drug-likeness (QED) is 0.720. The van der Waals surface area contributed by atoms with Gasteiger partial charge in [0.25, 0.3) is 0 Å². The van der Waals surface area contributed by atoms with Gasteiger partial charge in [0, 0.05) is 37.8 Å². The van der Waals surface area contributed by atoms with Crippen molar-refractivity contribution < 1.29 is 9.90 Å². The van der Waals surface area contributed by atoms with Crippen molar-refractivity contribution in [1.29, 1.82) is 0 Å². The molecule has 90 valence electrons. The SMILES string of the molecule is CC1CN2CCCC2CN1C/C=C/C(=O)O. The fourth-order valence-corrected chi connectivity index (χ4v) is 2.79. The molecule has 2 fully saturated rings. The number of aliphatic carboxylic acids is 1. The van der Waals surface area contributed by atoms with E-state index < -0.39 is 5.97 Å². The molecule has 4 heteroatoms. The Kier molecular flexibility index (Phi) is 3.61. The first-order valence-electron chi connectivity index (χ1n) is 6.04. The Morgan fingerprint density at radius 2 is 2.31 bits per heavy atom. The summed E-state index contributed by atoms with van der Waals surface area (Å²) in [5.41, 5.74) is 0. The third-order valence-electron chi connectivity index (χ3n) is 3.67. The van der Waals surface area contributed by atoms with Crippen LogP contribution in [0.1, 0.15) is 19.8 Å². The van der Waals surface area contributed by atoms with Crippen LogP contribution in [0.3, 0.4) is 0 Å². The number of fused-ring (bicyclic) bond motifs is 1. The molecule has 0 aromatic rings. The molecule has 2 heterocycles. The van der Waals surface area contributed by atoms with Crippen molar-refractivity contribution in [3.8, 4) is 0 Å². The molecular weight excluding hydrogens is 204 g/mol. The van der Waals surface area contributed by atoms with Crippen LogP contribution in [0.15, 0.2) is 12.2 Å². The van der Waals surface area contributed by atoms with Gasteiger partial charge in [-0.25, -0.2) is 4.79 Å². The number of carbonyl (C=O) groups is 1. The van der Waals surface area contributed by atoms with Crippen LogP contribution in [-0.2, 0) is 4.79 Å². The zero-order valence-corrected chi connectivity index (χ0v) is 9.80. The van der Waals surface area contributed by atoms with Gasteiger partial charge < -0.3 is 5.11 Å². The summed E-state index contributed by atoms with van der Waals surface area (Å²) in [4.78, 5) is 15.3. The average molecular weight is 224 g/mol. The fraction of sp³-hybridized carbons (Fsp3) is 0.750. The molecule has 0 amide bonds. The molecule has 0 saturated carbocycles. The average Bonchev–Trinajstić information content (AvgIpc) is 2.64. The third kappa shape index (κ3) is 2.62. The Hall–Kier alpha value is -0.870. The fourth-order valence-electron chi connectivity index (χ4n) is 2.79. The van der Waals surface area contributed by atoms with Gasteiger partial charge in [0.05, 0.1) is 0 Å². The van der Waals surface area contributed by atoms with Gasteiger partial charge in [0.1, 0.15) is 0 Å². The van der Waals surface area contributed by atoms with Gasteiger partial charge in [-0.3, -0.25) is 9.80 Å². The maximum absolute atomic E-state index is 10.4. The highest BCUT2D eigenvalue weighted by molar-refractivity contribution is 5.79. The van der Waals surface area contributed by atoms with E-state index in [0.717, 1.165) is 19.6 Å². The molecule has 0 aromatic heterocycles. The van der Waals surface area contributed by atoms with Gasteiger partial charge >= 0.3 is 5.97 Å². The molecule has 0 spiro atoms. The van der Waals surface area contributed by atoms with Crippen LogP contribution in [0.2, 0.25) is 0 Å². The predicted octanol–water partition coefficient (Wildman–Crippen LogP) is 0.796. The van der Waals surface area contributed by atoms with Gasteiger partial charge in [-0.2, -0.15) is 0 Å². The monoisotopic (exact) mass is 224 g/mol. The van der Waals surface area contributed by atoms with Crippen molar-refractivity contribution in [3.05, 3.63) is 12.2 Å². The minimum Gasteiger partial charge on any atom is -0.478 e. The molecule has 0 aliphatic carbocycles. The van der Waals surface area contributed by atoms with Crippen molar-refractivity contribution in [3.63, 3.8) is 0 Å². The molecule has 2 aliphatic heterocycles. The summed E-state index contributed by atoms with van der Waals surface area (Å²) < 4.78 is 0. The Morgan fingerprint density at radius 1 is 1.50 bits per heavy atom. The van der Waals surface area contributed by atoms with E-state index in [1.54, 1.807) is 6.08 Å². The molecule has 0 bridgehead atoms. The van der Waals surface area contributed by atoms with Gasteiger partial charge in [-0.15, -0.1) is 0 Å². The largest absolute Gasteiger partial charge is 0.478 e. The van der Waals surface area contributed by atoms with E-state index in [2.05, 4.69) is 16.7 Å². The molecule has 2 aliphatic rings. The first-order chi connectivity index (χ1) is 7.66. The molecule has 0 aromatic carbocycles. The topological polar surface area (TPSA) is 43.8 Å². The van der Waals surface area contributed by atoms with Crippen molar-refractivity contribution in [2.24, 2.45) is 0 Å². The van der Waals surface area contributed by atoms with Crippen LogP contribution in [0.5, 0.6) is 0 Å². The highest BCUT2D eigenvalue weighted by Gasteiger charge is 2.33. The lowest BCUT2D eigenvalue weighted by atomic mass is 10.1. The third-order valence-corrected chi connectivity index (χ3v) is 3.67. The first kappa shape index (κ1) is 11.6. The minimum atomic E-state index is -0.854. The molecule has 4 nitrogen and oxygen atoms in total. The summed E-state index contributed by atoms with van der Waals surface area (Å²) in [5.74, 6) is -0.854. The van der Waals surface area contributed by atoms with E-state index in [1.807, 2.05) is 0 Å². The summed E-state index contributed by atoms with van der Waals surface area (Å²) in [5, 5.41) is 8.55. The Labute approximate surface area is 96.5 Å². The second-order valence-corrected chi connectivity index (χ2v) is 4.83. The van der Waals surface area contributed by atoms with E-state index in [0.29, 0.717) is 12.1 Å². The van der Waals surface area contributed by atoms with Crippen LogP contribution in [0, 0.1) is 0 Å². The standard InChI is InChI=1S/C12H20N2O2/c1-10-8-14-7-2-4-11(14)9-13(10)6-3-5-12(15)16/h3,5,10-11H,2,4,6-9H2,1H3,(H,15,16)/b5-3+. The van der Waals surface area contributed by atoms with E-state index >= 15 is 0 Å². The zero-order chi connectivity index (χ0) is 11.5. The second-order valence-electron chi connectivity index (χ2n) is 4.83. The molecule has 0 radical (unpaired) electrons. The smallest absolute Gasteiger partial charge is 0.328 e. The van der Waals surface area contributed by atoms with Crippen LogP contribution in [0.4, 0.5) is 0 Å². The first-order valence-corrected chi connectivity index (χ1v) is 6.04. The molecule has 2 atom stereocenters. The van der Waals surface area contributed by atoms with Gasteiger partial charge in [-0.05, 0) is 26.3 Å². The predicted molar refractivity (Wildman–Crippen MR) is 62.4 cm³/mol. The molecule has 1 N–H and O–H groups in total. The Morgan fingerprint density at radius 3 is 3.06 bits per heavy atom. The number of rotatable bonds is 3. The molecule has 2 saturated heterocycles. The molecule has 2 rings (SSSR count). The normalized spacial score (nSPS) is 32.1. The molecule has 2 unspecified atom stereocenters. The van der Waals surface area contributed by atoms with Crippen LogP contribution < -0.4 is 0 Å². The number of carboxylic acid groups (broad SMARTS) is 1. The minimum absolute atomic E-state index is 0.535. The number of carboxylic acids is 1. The van der Waals surface area contributed by atoms with Crippen molar-refractivity contribution in [2.45, 2.75) is 31.8 Å². The van der Waals surface area contributed by atoms with E-state index in [1.165, 1.54) is 25.5 Å². The number of nitrogens with zero attached hydrogens (tertiary/aromatic N) is 2. The maximum atomic E-state index is 10.4. The van der Waals surface area contributed by atoms with Crippen molar-refractivity contribution in [1.82, 2.24) is 9.80 Å². The number of hydrogen-bond donors (Lipinski definition) is 1. The molecule has 16 heavy (non-hydrogen) atoms. The summed E-state index contributed by atoms with van der Waals surface area (Å²) in [6, 6.07) is 1.24. The lowest BCUT2D eigenvalue weighted by Gasteiger charge is -2.41. The highest BCUT2D eigenvalue weighted by Crippen LogP contribution is 2.24. The summed E-state index contributed by atoms with van der Waals surface area (Å²) in [6.07, 6.45) is 5.61. The lowest BCUT2D eigenvalue weighted by Crippen LogP contribution is -2.54. The maximum Gasteiger partial charge on any atom is 0.328 e. The van der Waals surface area contributed by atoms with Gasteiger partial charge in [-0.1, -0.05) is 6.08 Å². The summed E-state index contributed by atoms with van der Waals surface area (Å²) >= 11 is 0. The zero-order valence-electron chi connectivity index (χ0n) is 9.80. The van der Waals surface area contributed by atoms with Gasteiger partial charge in [0.2, 0.25) is 0 Å². The van der Waals surface area contributed by atoms with E-state index in [4.69, 9.17) is 5.11 Å². The van der Waals surface area contributed by atoms with E-state index in [9.17, 15) is 4.79 Å².